The number of carbonyl (C=O) groups is 4. The molecule has 2 unspecified atom stereocenters. The van der Waals surface area contributed by atoms with Gasteiger partial charge in [-0.3, -0.25) is 19.2 Å². The topological polar surface area (TPSA) is 116 Å². The Morgan fingerprint density at radius 3 is 1.34 bits per heavy atom. The molecule has 0 spiro atoms. The number of nitrogens with one attached hydrogen (secondary N) is 4. The van der Waals surface area contributed by atoms with Crippen molar-refractivity contribution >= 4 is 35.0 Å². The molecule has 38 heavy (non-hydrogen) atoms. The Morgan fingerprint density at radius 1 is 0.658 bits per heavy atom. The van der Waals surface area contributed by atoms with Crippen LogP contribution in [-0.4, -0.2) is 35.7 Å². The van der Waals surface area contributed by atoms with Crippen molar-refractivity contribution in [1.82, 2.24) is 10.6 Å². The molecule has 2 aromatic rings. The lowest BCUT2D eigenvalue weighted by molar-refractivity contribution is -0.125. The Morgan fingerprint density at radius 2 is 1.00 bits per heavy atom. The summed E-state index contributed by atoms with van der Waals surface area (Å²) in [7, 11) is 0. The van der Waals surface area contributed by atoms with E-state index >= 15 is 0 Å². The normalized spacial score (nSPS) is 18.5. The lowest BCUT2D eigenvalue weighted by Gasteiger charge is -2.27. The third-order valence-corrected chi connectivity index (χ3v) is 7.31. The molecular formula is C30H40N4O4. The van der Waals surface area contributed by atoms with Crippen molar-refractivity contribution in [3.05, 3.63) is 59.7 Å². The lowest BCUT2D eigenvalue weighted by Crippen LogP contribution is -2.35. The molecule has 3 rings (SSSR count). The number of amides is 4. The molecule has 0 bridgehead atoms. The van der Waals surface area contributed by atoms with Crippen LogP contribution in [0.3, 0.4) is 0 Å². The van der Waals surface area contributed by atoms with Crippen LogP contribution in [0.1, 0.15) is 86.9 Å². The highest BCUT2D eigenvalue weighted by atomic mass is 16.2. The maximum Gasteiger partial charge on any atom is 0.253 e. The Hall–Kier alpha value is -3.68. The Kier molecular flexibility index (Phi) is 10.4. The van der Waals surface area contributed by atoms with E-state index in [0.717, 1.165) is 12.8 Å². The summed E-state index contributed by atoms with van der Waals surface area (Å²) in [6.45, 7) is 7.87. The van der Waals surface area contributed by atoms with Gasteiger partial charge in [-0.25, -0.2) is 0 Å². The molecule has 4 amide bonds. The fraction of sp³-hybridized carbons (Fsp3) is 0.467. The highest BCUT2D eigenvalue weighted by Crippen LogP contribution is 2.31. The Bertz CT molecular complexity index is 1050. The van der Waals surface area contributed by atoms with Gasteiger partial charge in [-0.2, -0.15) is 0 Å². The smallest absolute Gasteiger partial charge is 0.253 e. The molecule has 4 N–H and O–H groups in total. The average Bonchev–Trinajstić information content (AvgIpc) is 2.93. The largest absolute Gasteiger partial charge is 0.350 e. The third kappa shape index (κ3) is 7.66. The van der Waals surface area contributed by atoms with Gasteiger partial charge in [0.25, 0.3) is 11.8 Å². The summed E-state index contributed by atoms with van der Waals surface area (Å²) in [6.07, 6.45) is 3.91. The average molecular weight is 521 g/mol. The SMILES string of the molecule is CCC(C)NC(=O)c1ccccc1NC(=O)C1CCC(C(=O)Nc2ccccc2C(=O)NC(C)CC)CC1. The van der Waals surface area contributed by atoms with Crippen LogP contribution < -0.4 is 21.3 Å². The van der Waals surface area contributed by atoms with Gasteiger partial charge in [0.15, 0.2) is 0 Å². The molecule has 1 aliphatic carbocycles. The summed E-state index contributed by atoms with van der Waals surface area (Å²) >= 11 is 0. The van der Waals surface area contributed by atoms with E-state index in [-0.39, 0.29) is 47.5 Å². The number of hydrogen-bond acceptors (Lipinski definition) is 4. The first-order valence-electron chi connectivity index (χ1n) is 13.6. The standard InChI is InChI=1S/C30H40N4O4/c1-5-19(3)31-29(37)23-11-7-9-13-25(23)33-27(35)21-15-17-22(18-16-21)28(36)34-26-14-10-8-12-24(26)30(38)32-20(4)6-2/h7-14,19-22H,5-6,15-18H2,1-4H3,(H,31,37)(H,32,38)(H,33,35)(H,34,36). The zero-order chi connectivity index (χ0) is 27.7. The van der Waals surface area contributed by atoms with E-state index in [2.05, 4.69) is 21.3 Å². The summed E-state index contributed by atoms with van der Waals surface area (Å²) < 4.78 is 0. The molecular weight excluding hydrogens is 480 g/mol. The van der Waals surface area contributed by atoms with Gasteiger partial charge in [-0.05, 0) is 76.6 Å². The van der Waals surface area contributed by atoms with Crippen molar-refractivity contribution in [2.24, 2.45) is 11.8 Å². The predicted octanol–water partition coefficient (Wildman–Crippen LogP) is 5.13. The molecule has 0 radical (unpaired) electrons. The number of hydrogen-bond donors (Lipinski definition) is 4. The van der Waals surface area contributed by atoms with Crippen molar-refractivity contribution in [2.75, 3.05) is 10.6 Å². The number of carbonyl (C=O) groups excluding carboxylic acids is 4. The van der Waals surface area contributed by atoms with E-state index in [4.69, 9.17) is 0 Å². The Balaban J connectivity index is 1.57. The van der Waals surface area contributed by atoms with E-state index in [1.54, 1.807) is 48.5 Å². The van der Waals surface area contributed by atoms with Gasteiger partial charge in [-0.15, -0.1) is 0 Å². The summed E-state index contributed by atoms with van der Waals surface area (Å²) in [5.74, 6) is -1.18. The molecule has 0 aliphatic heterocycles. The van der Waals surface area contributed by atoms with Gasteiger partial charge >= 0.3 is 0 Å². The van der Waals surface area contributed by atoms with Gasteiger partial charge < -0.3 is 21.3 Å². The zero-order valence-corrected chi connectivity index (χ0v) is 22.8. The summed E-state index contributed by atoms with van der Waals surface area (Å²) in [5, 5.41) is 11.7. The fourth-order valence-electron chi connectivity index (χ4n) is 4.47. The van der Waals surface area contributed by atoms with E-state index in [1.807, 2.05) is 27.7 Å². The van der Waals surface area contributed by atoms with Crippen LogP contribution in [0.15, 0.2) is 48.5 Å². The van der Waals surface area contributed by atoms with Crippen LogP contribution >= 0.6 is 0 Å². The second-order valence-electron chi connectivity index (χ2n) is 10.2. The van der Waals surface area contributed by atoms with Crippen LogP contribution in [0.2, 0.25) is 0 Å². The van der Waals surface area contributed by atoms with E-state index in [0.29, 0.717) is 48.2 Å². The minimum Gasteiger partial charge on any atom is -0.350 e. The first kappa shape index (κ1) is 28.9. The molecule has 8 heteroatoms. The minimum absolute atomic E-state index is 0.0360. The van der Waals surface area contributed by atoms with Crippen LogP contribution in [0.5, 0.6) is 0 Å². The monoisotopic (exact) mass is 520 g/mol. The summed E-state index contributed by atoms with van der Waals surface area (Å²) in [4.78, 5) is 51.4. The highest BCUT2D eigenvalue weighted by molar-refractivity contribution is 6.05. The van der Waals surface area contributed by atoms with Crippen molar-refractivity contribution in [1.29, 1.82) is 0 Å². The maximum atomic E-state index is 13.0. The van der Waals surface area contributed by atoms with Crippen LogP contribution in [0.4, 0.5) is 11.4 Å². The quantitative estimate of drug-likeness (QED) is 0.348. The van der Waals surface area contributed by atoms with E-state index < -0.39 is 0 Å². The number of benzene rings is 2. The maximum absolute atomic E-state index is 13.0. The highest BCUT2D eigenvalue weighted by Gasteiger charge is 2.31. The molecule has 1 fully saturated rings. The number of anilines is 2. The molecule has 2 atom stereocenters. The van der Waals surface area contributed by atoms with E-state index in [9.17, 15) is 19.2 Å². The van der Waals surface area contributed by atoms with Crippen molar-refractivity contribution in [3.63, 3.8) is 0 Å². The first-order valence-corrected chi connectivity index (χ1v) is 13.6. The van der Waals surface area contributed by atoms with Gasteiger partial charge in [0.2, 0.25) is 11.8 Å². The molecule has 1 aliphatic rings. The van der Waals surface area contributed by atoms with Crippen molar-refractivity contribution in [2.45, 2.75) is 78.3 Å². The fourth-order valence-corrected chi connectivity index (χ4v) is 4.47. The molecule has 8 nitrogen and oxygen atoms in total. The molecule has 0 saturated heterocycles. The van der Waals surface area contributed by atoms with Crippen LogP contribution in [-0.2, 0) is 9.59 Å². The molecule has 0 aromatic heterocycles. The molecule has 0 heterocycles. The first-order chi connectivity index (χ1) is 18.2. The molecule has 2 aromatic carbocycles. The predicted molar refractivity (Wildman–Crippen MR) is 150 cm³/mol. The summed E-state index contributed by atoms with van der Waals surface area (Å²) in [6, 6.07) is 14.1. The van der Waals surface area contributed by atoms with Gasteiger partial charge in [0, 0.05) is 23.9 Å². The third-order valence-electron chi connectivity index (χ3n) is 7.31. The zero-order valence-electron chi connectivity index (χ0n) is 22.8. The second-order valence-corrected chi connectivity index (χ2v) is 10.2. The minimum atomic E-state index is -0.238. The van der Waals surface area contributed by atoms with Crippen LogP contribution in [0, 0.1) is 11.8 Å². The van der Waals surface area contributed by atoms with Crippen molar-refractivity contribution < 1.29 is 19.2 Å². The molecule has 1 saturated carbocycles. The molecule has 204 valence electrons. The number of rotatable bonds is 10. The van der Waals surface area contributed by atoms with Crippen molar-refractivity contribution in [3.8, 4) is 0 Å². The number of para-hydroxylation sites is 2. The van der Waals surface area contributed by atoms with Crippen LogP contribution in [0.25, 0.3) is 0 Å². The second kappa shape index (κ2) is 13.7. The van der Waals surface area contributed by atoms with Gasteiger partial charge in [0.1, 0.15) is 0 Å². The lowest BCUT2D eigenvalue weighted by atomic mass is 9.81. The Labute approximate surface area is 225 Å². The van der Waals surface area contributed by atoms with Gasteiger partial charge in [0.05, 0.1) is 22.5 Å². The van der Waals surface area contributed by atoms with Gasteiger partial charge in [-0.1, -0.05) is 38.1 Å². The van der Waals surface area contributed by atoms with E-state index in [1.165, 1.54) is 0 Å². The summed E-state index contributed by atoms with van der Waals surface area (Å²) in [5.41, 5.74) is 1.85.